The number of nitro groups is 2. The number of nitrogens with one attached hydrogen (secondary N) is 1. The van der Waals surface area contributed by atoms with Crippen molar-refractivity contribution in [3.63, 3.8) is 0 Å². The maximum atomic E-state index is 11.8. The highest BCUT2D eigenvalue weighted by Gasteiger charge is 2.23. The third kappa shape index (κ3) is 5.62. The number of carbonyl (C=O) groups excluding carboxylic acids is 1. The summed E-state index contributed by atoms with van der Waals surface area (Å²) in [5, 5.41) is 35.2. The van der Waals surface area contributed by atoms with E-state index >= 15 is 0 Å². The van der Waals surface area contributed by atoms with Gasteiger partial charge in [-0.1, -0.05) is 15.9 Å². The van der Waals surface area contributed by atoms with Crippen LogP contribution >= 0.6 is 15.9 Å². The second-order valence-electron chi connectivity index (χ2n) is 5.29. The van der Waals surface area contributed by atoms with Crippen LogP contribution in [0.15, 0.2) is 39.9 Å². The molecular formula is C16H13BrN4O8. The van der Waals surface area contributed by atoms with E-state index in [2.05, 4.69) is 26.5 Å². The first-order valence-electron chi connectivity index (χ1n) is 7.67. The average molecular weight is 469 g/mol. The molecule has 0 aliphatic rings. The fraction of sp³-hybridized carbons (Fsp3) is 0.125. The van der Waals surface area contributed by atoms with Crippen LogP contribution < -0.4 is 14.9 Å². The molecule has 0 unspecified atom stereocenters. The van der Waals surface area contributed by atoms with E-state index in [1.807, 2.05) is 0 Å². The first kappa shape index (κ1) is 21.6. The number of non-ortho nitro benzene ring substituents is 1. The number of benzene rings is 2. The van der Waals surface area contributed by atoms with Crippen molar-refractivity contribution >= 4 is 39.4 Å². The van der Waals surface area contributed by atoms with Gasteiger partial charge in [0.25, 0.3) is 11.6 Å². The number of phenols is 1. The molecular weight excluding hydrogens is 456 g/mol. The highest BCUT2D eigenvalue weighted by Crippen LogP contribution is 2.33. The minimum absolute atomic E-state index is 0.307. The average Bonchev–Trinajstić information content (AvgIpc) is 2.67. The van der Waals surface area contributed by atoms with Crippen molar-refractivity contribution in [2.24, 2.45) is 5.10 Å². The van der Waals surface area contributed by atoms with Crippen LogP contribution in [0.5, 0.6) is 17.2 Å². The van der Waals surface area contributed by atoms with Crippen LogP contribution in [0.1, 0.15) is 5.56 Å². The number of nitro benzene ring substituents is 2. The molecule has 0 heterocycles. The van der Waals surface area contributed by atoms with Gasteiger partial charge in [-0.3, -0.25) is 25.0 Å². The van der Waals surface area contributed by atoms with Crippen LogP contribution in [-0.2, 0) is 4.79 Å². The summed E-state index contributed by atoms with van der Waals surface area (Å²) in [6.45, 7) is -0.434. The van der Waals surface area contributed by atoms with Crippen LogP contribution in [0.25, 0.3) is 0 Å². The molecule has 2 aromatic rings. The molecule has 12 nitrogen and oxygen atoms in total. The van der Waals surface area contributed by atoms with E-state index in [0.29, 0.717) is 17.6 Å². The summed E-state index contributed by atoms with van der Waals surface area (Å²) < 4.78 is 11.2. The maximum absolute atomic E-state index is 11.8. The van der Waals surface area contributed by atoms with E-state index in [0.717, 1.165) is 16.8 Å². The number of carbonyl (C=O) groups is 1. The van der Waals surface area contributed by atoms with Crippen LogP contribution in [0.4, 0.5) is 11.4 Å². The van der Waals surface area contributed by atoms with Crippen molar-refractivity contribution in [3.05, 3.63) is 60.6 Å². The fourth-order valence-electron chi connectivity index (χ4n) is 2.08. The fourth-order valence-corrected chi connectivity index (χ4v) is 2.42. The summed E-state index contributed by atoms with van der Waals surface area (Å²) in [5.41, 5.74) is 0.281. The topological polar surface area (TPSA) is 166 Å². The molecule has 152 valence electrons. The zero-order chi connectivity index (χ0) is 21.6. The van der Waals surface area contributed by atoms with Crippen LogP contribution in [-0.4, -0.2) is 40.8 Å². The highest BCUT2D eigenvalue weighted by molar-refractivity contribution is 9.10. The van der Waals surface area contributed by atoms with Crippen molar-refractivity contribution in [1.82, 2.24) is 5.43 Å². The van der Waals surface area contributed by atoms with Gasteiger partial charge in [0.2, 0.25) is 5.75 Å². The van der Waals surface area contributed by atoms with Gasteiger partial charge in [-0.25, -0.2) is 5.43 Å². The van der Waals surface area contributed by atoms with Crippen molar-refractivity contribution in [2.75, 3.05) is 13.7 Å². The molecule has 0 radical (unpaired) electrons. The van der Waals surface area contributed by atoms with Gasteiger partial charge in [0.1, 0.15) is 0 Å². The van der Waals surface area contributed by atoms with E-state index in [9.17, 15) is 30.1 Å². The molecule has 13 heteroatoms. The first-order chi connectivity index (χ1) is 13.7. The van der Waals surface area contributed by atoms with Gasteiger partial charge in [-0.05, 0) is 18.2 Å². The Kier molecular flexibility index (Phi) is 7.03. The summed E-state index contributed by atoms with van der Waals surface area (Å²) in [6, 6.07) is 6.40. The number of ether oxygens (including phenoxy) is 2. The first-order valence-corrected chi connectivity index (χ1v) is 8.46. The molecule has 0 bridgehead atoms. The molecule has 2 rings (SSSR count). The Morgan fingerprint density at radius 1 is 1.24 bits per heavy atom. The minimum Gasteiger partial charge on any atom is -0.502 e. The van der Waals surface area contributed by atoms with E-state index < -0.39 is 39.5 Å². The molecule has 2 aromatic carbocycles. The molecule has 29 heavy (non-hydrogen) atoms. The van der Waals surface area contributed by atoms with E-state index in [1.165, 1.54) is 7.11 Å². The standard InChI is InChI=1S/C16H13BrN4O8/c1-28-14-5-10(17)2-3-13(14)29-8-15(22)19-18-7-9-4-11(20(24)25)6-12(16(9)23)21(26)27/h2-7,23H,8H2,1H3,(H,19,22)/b18-7-. The van der Waals surface area contributed by atoms with Gasteiger partial charge in [0.15, 0.2) is 18.1 Å². The van der Waals surface area contributed by atoms with Crippen LogP contribution in [0.3, 0.4) is 0 Å². The van der Waals surface area contributed by atoms with Crippen LogP contribution in [0, 0.1) is 20.2 Å². The van der Waals surface area contributed by atoms with Gasteiger partial charge in [0, 0.05) is 10.5 Å². The lowest BCUT2D eigenvalue weighted by atomic mass is 10.1. The predicted molar refractivity (Wildman–Crippen MR) is 103 cm³/mol. The Morgan fingerprint density at radius 2 is 1.97 bits per heavy atom. The number of aromatic hydroxyl groups is 1. The summed E-state index contributed by atoms with van der Waals surface area (Å²) in [4.78, 5) is 31.8. The smallest absolute Gasteiger partial charge is 0.318 e. The van der Waals surface area contributed by atoms with E-state index in [1.54, 1.807) is 18.2 Å². The second-order valence-corrected chi connectivity index (χ2v) is 6.21. The number of amides is 1. The number of rotatable bonds is 8. The Hall–Kier alpha value is -3.74. The maximum Gasteiger partial charge on any atom is 0.318 e. The number of halogens is 1. The normalized spacial score (nSPS) is 10.6. The molecule has 0 fully saturated rings. The molecule has 0 aliphatic heterocycles. The zero-order valence-corrected chi connectivity index (χ0v) is 16.3. The Morgan fingerprint density at radius 3 is 2.59 bits per heavy atom. The van der Waals surface area contributed by atoms with Crippen molar-refractivity contribution in [1.29, 1.82) is 0 Å². The summed E-state index contributed by atoms with van der Waals surface area (Å²) in [6.07, 6.45) is 0.841. The molecule has 0 saturated heterocycles. The van der Waals surface area contributed by atoms with Crippen molar-refractivity contribution in [2.45, 2.75) is 0 Å². The van der Waals surface area contributed by atoms with Gasteiger partial charge < -0.3 is 14.6 Å². The summed E-state index contributed by atoms with van der Waals surface area (Å²) in [7, 11) is 1.43. The summed E-state index contributed by atoms with van der Waals surface area (Å²) in [5.74, 6) is -0.814. The number of hydrogen-bond donors (Lipinski definition) is 2. The van der Waals surface area contributed by atoms with E-state index in [-0.39, 0.29) is 5.56 Å². The quantitative estimate of drug-likeness (QED) is 0.338. The predicted octanol–water partition coefficient (Wildman–Crippen LogP) is 2.51. The third-order valence-corrected chi connectivity index (χ3v) is 3.88. The van der Waals surface area contributed by atoms with E-state index in [4.69, 9.17) is 9.47 Å². The minimum atomic E-state index is -0.975. The van der Waals surface area contributed by atoms with Gasteiger partial charge in [0.05, 0.1) is 34.8 Å². The number of methoxy groups -OCH3 is 1. The van der Waals surface area contributed by atoms with Gasteiger partial charge in [-0.2, -0.15) is 5.10 Å². The molecule has 1 amide bonds. The summed E-state index contributed by atoms with van der Waals surface area (Å²) >= 11 is 3.27. The van der Waals surface area contributed by atoms with Crippen LogP contribution in [0.2, 0.25) is 0 Å². The lowest BCUT2D eigenvalue weighted by molar-refractivity contribution is -0.394. The molecule has 0 aliphatic carbocycles. The Balaban J connectivity index is 2.07. The largest absolute Gasteiger partial charge is 0.502 e. The van der Waals surface area contributed by atoms with Gasteiger partial charge in [-0.15, -0.1) is 0 Å². The lowest BCUT2D eigenvalue weighted by Gasteiger charge is -2.10. The van der Waals surface area contributed by atoms with Crippen molar-refractivity contribution < 1.29 is 29.2 Å². The zero-order valence-electron chi connectivity index (χ0n) is 14.7. The monoisotopic (exact) mass is 468 g/mol. The number of hydrogen-bond acceptors (Lipinski definition) is 9. The Bertz CT molecular complexity index is 995. The lowest BCUT2D eigenvalue weighted by Crippen LogP contribution is -2.24. The second kappa shape index (κ2) is 9.45. The molecule has 2 N–H and O–H groups in total. The van der Waals surface area contributed by atoms with Gasteiger partial charge >= 0.3 is 5.69 Å². The molecule has 0 aromatic heterocycles. The third-order valence-electron chi connectivity index (χ3n) is 3.39. The number of nitrogens with zero attached hydrogens (tertiary/aromatic N) is 3. The molecule has 0 spiro atoms. The number of phenolic OH excluding ortho intramolecular Hbond substituents is 1. The highest BCUT2D eigenvalue weighted by atomic mass is 79.9. The molecule has 0 atom stereocenters. The SMILES string of the molecule is COc1cc(Br)ccc1OCC(=O)N/N=C\c1cc([N+](=O)[O-])cc([N+](=O)[O-])c1O. The van der Waals surface area contributed by atoms with Crippen molar-refractivity contribution in [3.8, 4) is 17.2 Å². The number of hydrazone groups is 1. The Labute approximate surface area is 171 Å². The molecule has 0 saturated carbocycles.